The predicted molar refractivity (Wildman–Crippen MR) is 132 cm³/mol. The van der Waals surface area contributed by atoms with E-state index in [0.29, 0.717) is 34.5 Å². The van der Waals surface area contributed by atoms with Crippen LogP contribution in [0.3, 0.4) is 0 Å². The van der Waals surface area contributed by atoms with Crippen LogP contribution < -0.4 is 16.0 Å². The molecule has 0 saturated heterocycles. The van der Waals surface area contributed by atoms with Crippen LogP contribution in [0.2, 0.25) is 5.02 Å². The third kappa shape index (κ3) is 4.58. The number of anilines is 3. The molecular formula is C25H23ClN6O2. The maximum atomic E-state index is 12.8. The number of amides is 2. The van der Waals surface area contributed by atoms with Gasteiger partial charge in [0.1, 0.15) is 0 Å². The number of carbonyl (C=O) groups is 2. The molecule has 1 unspecified atom stereocenters. The fourth-order valence-corrected chi connectivity index (χ4v) is 4.29. The topological polar surface area (TPSA) is 99.2 Å². The number of nitrogens with zero attached hydrogens (tertiary/aromatic N) is 3. The Bertz CT molecular complexity index is 1280. The highest BCUT2D eigenvalue weighted by molar-refractivity contribution is 6.31. The van der Waals surface area contributed by atoms with Crippen LogP contribution in [0.25, 0.3) is 11.3 Å². The van der Waals surface area contributed by atoms with Gasteiger partial charge in [-0.2, -0.15) is 0 Å². The predicted octanol–water partition coefficient (Wildman–Crippen LogP) is 3.98. The molecule has 1 atom stereocenters. The maximum absolute atomic E-state index is 12.8. The van der Waals surface area contributed by atoms with Crippen molar-refractivity contribution in [3.05, 3.63) is 77.1 Å². The quantitative estimate of drug-likeness (QED) is 0.517. The van der Waals surface area contributed by atoms with Crippen molar-refractivity contribution in [3.8, 4) is 11.3 Å². The summed E-state index contributed by atoms with van der Waals surface area (Å²) in [5.41, 5.74) is 4.17. The van der Waals surface area contributed by atoms with Crippen LogP contribution in [-0.4, -0.2) is 46.3 Å². The van der Waals surface area contributed by atoms with E-state index < -0.39 is 0 Å². The zero-order valence-corrected chi connectivity index (χ0v) is 19.3. The lowest BCUT2D eigenvalue weighted by molar-refractivity contribution is -0.115. The van der Waals surface area contributed by atoms with E-state index in [4.69, 9.17) is 11.6 Å². The van der Waals surface area contributed by atoms with Gasteiger partial charge in [-0.05, 0) is 55.1 Å². The first-order valence-electron chi connectivity index (χ1n) is 11.0. The standard InChI is InChI=1S/C25H23ClN6O2/c1-32(14-19-3-2-10-27-19)24(34)15-4-7-18(8-5-15)29-25-28-13-16-11-22(33)30-21-12-17(26)6-9-20(21)23(16)31-25/h2,4-10,12-13,19,27H,3,11,14H2,1H3,(H,30,33)(H,28,29,31). The minimum atomic E-state index is -0.142. The van der Waals surface area contributed by atoms with Crippen LogP contribution in [0.15, 0.2) is 60.9 Å². The normalized spacial score (nSPS) is 16.1. The van der Waals surface area contributed by atoms with Gasteiger partial charge in [-0.1, -0.05) is 17.7 Å². The van der Waals surface area contributed by atoms with Crippen LogP contribution in [0.5, 0.6) is 0 Å². The van der Waals surface area contributed by atoms with Gasteiger partial charge in [0.05, 0.1) is 17.8 Å². The SMILES string of the molecule is CN(CC1CC=CN1)C(=O)c1ccc(Nc2ncc3c(n2)-c2ccc(Cl)cc2NC(=O)C3)cc1. The van der Waals surface area contributed by atoms with Gasteiger partial charge in [0.15, 0.2) is 0 Å². The number of halogens is 1. The molecule has 9 heteroatoms. The van der Waals surface area contributed by atoms with Gasteiger partial charge in [0.25, 0.3) is 5.91 Å². The van der Waals surface area contributed by atoms with Crippen molar-refractivity contribution in [2.24, 2.45) is 0 Å². The zero-order chi connectivity index (χ0) is 23.7. The summed E-state index contributed by atoms with van der Waals surface area (Å²) in [7, 11) is 1.81. The Morgan fingerprint density at radius 2 is 2.06 bits per heavy atom. The molecule has 3 N–H and O–H groups in total. The number of aromatic nitrogens is 2. The molecule has 8 nitrogen and oxygen atoms in total. The van der Waals surface area contributed by atoms with Gasteiger partial charge in [-0.15, -0.1) is 0 Å². The van der Waals surface area contributed by atoms with Gasteiger partial charge in [-0.25, -0.2) is 9.97 Å². The largest absolute Gasteiger partial charge is 0.386 e. The average Bonchev–Trinajstić information content (AvgIpc) is 3.28. The lowest BCUT2D eigenvalue weighted by atomic mass is 10.1. The Hall–Kier alpha value is -3.91. The highest BCUT2D eigenvalue weighted by atomic mass is 35.5. The number of hydrogen-bond acceptors (Lipinski definition) is 6. The number of carbonyl (C=O) groups excluding carboxylic acids is 2. The first-order valence-corrected chi connectivity index (χ1v) is 11.3. The number of fused-ring (bicyclic) bond motifs is 3. The fourth-order valence-electron chi connectivity index (χ4n) is 4.11. The molecule has 0 fully saturated rings. The average molecular weight is 475 g/mol. The summed E-state index contributed by atoms with van der Waals surface area (Å²) in [4.78, 5) is 35.8. The highest BCUT2D eigenvalue weighted by Crippen LogP contribution is 2.34. The molecule has 3 heterocycles. The van der Waals surface area contributed by atoms with Crippen molar-refractivity contribution in [1.29, 1.82) is 0 Å². The van der Waals surface area contributed by atoms with E-state index in [1.54, 1.807) is 35.4 Å². The molecule has 5 rings (SSSR count). The van der Waals surface area contributed by atoms with Crippen LogP contribution in [0.1, 0.15) is 22.3 Å². The Morgan fingerprint density at radius 3 is 2.82 bits per heavy atom. The second-order valence-electron chi connectivity index (χ2n) is 8.37. The fraction of sp³-hybridized carbons (Fsp3) is 0.200. The minimum Gasteiger partial charge on any atom is -0.386 e. The monoisotopic (exact) mass is 474 g/mol. The molecular weight excluding hydrogens is 452 g/mol. The molecule has 2 aliphatic rings. The van der Waals surface area contributed by atoms with Crippen molar-refractivity contribution in [1.82, 2.24) is 20.2 Å². The van der Waals surface area contributed by atoms with Gasteiger partial charge >= 0.3 is 0 Å². The van der Waals surface area contributed by atoms with E-state index in [0.717, 1.165) is 23.2 Å². The van der Waals surface area contributed by atoms with Crippen molar-refractivity contribution in [2.75, 3.05) is 24.2 Å². The summed E-state index contributed by atoms with van der Waals surface area (Å²) < 4.78 is 0. The smallest absolute Gasteiger partial charge is 0.253 e. The zero-order valence-electron chi connectivity index (χ0n) is 18.5. The number of nitrogens with one attached hydrogen (secondary N) is 3. The Balaban J connectivity index is 1.33. The molecule has 3 aromatic rings. The number of hydrogen-bond donors (Lipinski definition) is 3. The Morgan fingerprint density at radius 1 is 1.24 bits per heavy atom. The van der Waals surface area contributed by atoms with E-state index in [9.17, 15) is 9.59 Å². The van der Waals surface area contributed by atoms with Crippen molar-refractivity contribution in [3.63, 3.8) is 0 Å². The highest BCUT2D eigenvalue weighted by Gasteiger charge is 2.22. The number of rotatable bonds is 5. The number of benzene rings is 2. The first-order chi connectivity index (χ1) is 16.5. The summed E-state index contributed by atoms with van der Waals surface area (Å²) >= 11 is 6.11. The lowest BCUT2D eigenvalue weighted by Gasteiger charge is -2.21. The van der Waals surface area contributed by atoms with Crippen LogP contribution in [0.4, 0.5) is 17.3 Å². The van der Waals surface area contributed by atoms with E-state index in [1.807, 2.05) is 31.4 Å². The number of likely N-dealkylation sites (N-methyl/N-ethyl adjacent to an activating group) is 1. The summed E-state index contributed by atoms with van der Waals surface area (Å²) in [5, 5.41) is 9.83. The third-order valence-electron chi connectivity index (χ3n) is 5.83. The van der Waals surface area contributed by atoms with E-state index >= 15 is 0 Å². The second-order valence-corrected chi connectivity index (χ2v) is 8.81. The molecule has 2 aromatic carbocycles. The molecule has 0 saturated carbocycles. The summed E-state index contributed by atoms with van der Waals surface area (Å²) in [5.74, 6) is 0.218. The molecule has 34 heavy (non-hydrogen) atoms. The van der Waals surface area contributed by atoms with Gasteiger partial charge < -0.3 is 20.9 Å². The lowest BCUT2D eigenvalue weighted by Crippen LogP contribution is -2.38. The molecule has 0 aliphatic carbocycles. The van der Waals surface area contributed by atoms with Gasteiger partial charge in [0.2, 0.25) is 11.9 Å². The van der Waals surface area contributed by atoms with E-state index in [-0.39, 0.29) is 24.3 Å². The summed E-state index contributed by atoms with van der Waals surface area (Å²) in [6, 6.07) is 12.8. The van der Waals surface area contributed by atoms with Crippen LogP contribution in [-0.2, 0) is 11.2 Å². The van der Waals surface area contributed by atoms with Crippen LogP contribution >= 0.6 is 11.6 Å². The second kappa shape index (κ2) is 9.15. The molecule has 1 aromatic heterocycles. The van der Waals surface area contributed by atoms with Gasteiger partial charge in [-0.3, -0.25) is 9.59 Å². The summed E-state index contributed by atoms with van der Waals surface area (Å²) in [6.07, 6.45) is 6.75. The van der Waals surface area contributed by atoms with Crippen molar-refractivity contribution < 1.29 is 9.59 Å². The molecule has 0 radical (unpaired) electrons. The van der Waals surface area contributed by atoms with Crippen LogP contribution in [0, 0.1) is 0 Å². The van der Waals surface area contributed by atoms with Crippen molar-refractivity contribution >= 4 is 40.7 Å². The summed E-state index contributed by atoms with van der Waals surface area (Å²) in [6.45, 7) is 0.638. The third-order valence-corrected chi connectivity index (χ3v) is 6.06. The Labute approximate surface area is 202 Å². The Kier molecular flexibility index (Phi) is 5.90. The van der Waals surface area contributed by atoms with Gasteiger partial charge in [0, 0.05) is 53.2 Å². The molecule has 2 aliphatic heterocycles. The molecule has 2 amide bonds. The van der Waals surface area contributed by atoms with E-state index in [1.165, 1.54) is 0 Å². The van der Waals surface area contributed by atoms with Crippen molar-refractivity contribution in [2.45, 2.75) is 18.9 Å². The molecule has 172 valence electrons. The first kappa shape index (κ1) is 21.9. The molecule has 0 bridgehead atoms. The molecule has 0 spiro atoms. The van der Waals surface area contributed by atoms with E-state index in [2.05, 4.69) is 32.0 Å². The minimum absolute atomic E-state index is 0.0334. The maximum Gasteiger partial charge on any atom is 0.253 e.